The second-order valence-corrected chi connectivity index (χ2v) is 7.22. The van der Waals surface area contributed by atoms with Gasteiger partial charge in [0, 0.05) is 43.7 Å². The minimum absolute atomic E-state index is 0.106. The van der Waals surface area contributed by atoms with E-state index in [2.05, 4.69) is 15.5 Å². The van der Waals surface area contributed by atoms with Crippen LogP contribution in [0.5, 0.6) is 0 Å². The van der Waals surface area contributed by atoms with Crippen molar-refractivity contribution in [1.29, 1.82) is 0 Å². The lowest BCUT2D eigenvalue weighted by atomic mass is 9.99. The first-order chi connectivity index (χ1) is 14.1. The predicted octanol–water partition coefficient (Wildman–Crippen LogP) is 2.12. The van der Waals surface area contributed by atoms with E-state index < -0.39 is 12.0 Å². The van der Waals surface area contributed by atoms with Crippen molar-refractivity contribution in [3.05, 3.63) is 59.7 Å². The fourth-order valence-electron chi connectivity index (χ4n) is 3.81. The number of amides is 1. The molecule has 2 aliphatic rings. The summed E-state index contributed by atoms with van der Waals surface area (Å²) in [6, 6.07) is 15.0. The number of benzene rings is 2. The second kappa shape index (κ2) is 8.45. The maximum Gasteiger partial charge on any atom is 0.303 e. The summed E-state index contributed by atoms with van der Waals surface area (Å²) in [5.41, 5.74) is 4.20. The van der Waals surface area contributed by atoms with Gasteiger partial charge in [-0.05, 0) is 12.5 Å². The van der Waals surface area contributed by atoms with Gasteiger partial charge in [-0.3, -0.25) is 14.6 Å². The number of benzodiazepines with no additional fused rings is 1. The molecule has 7 nitrogen and oxygen atoms in total. The van der Waals surface area contributed by atoms with Gasteiger partial charge in [-0.1, -0.05) is 42.5 Å². The molecular formula is C22H24N4O3. The second-order valence-electron chi connectivity index (χ2n) is 7.22. The van der Waals surface area contributed by atoms with Gasteiger partial charge in [0.25, 0.3) is 0 Å². The summed E-state index contributed by atoms with van der Waals surface area (Å²) in [6.45, 7) is 3.48. The average Bonchev–Trinajstić information content (AvgIpc) is 2.89. The molecule has 2 aliphatic heterocycles. The topological polar surface area (TPSA) is 94.0 Å². The number of carboxylic acid groups (broad SMARTS) is 1. The van der Waals surface area contributed by atoms with Gasteiger partial charge < -0.3 is 20.6 Å². The number of carboxylic acids is 1. The number of para-hydroxylation sites is 1. The highest BCUT2D eigenvalue weighted by Crippen LogP contribution is 2.34. The number of nitrogens with zero attached hydrogens (tertiary/aromatic N) is 2. The van der Waals surface area contributed by atoms with Gasteiger partial charge in [-0.2, -0.15) is 0 Å². The first-order valence-electron chi connectivity index (χ1n) is 9.88. The standard InChI is InChI=1S/C22H24N4O3/c27-19(28)10-9-17-22(29)25-21-16(20(24-17)15-5-2-1-3-6-15)7-4-8-18(21)26-13-11-23-12-14-26/h1-8,17,23H,9-14H2,(H,25,29)(H,27,28)/t17-/m1/s1. The van der Waals surface area contributed by atoms with Gasteiger partial charge in [0.2, 0.25) is 5.91 Å². The zero-order valence-corrected chi connectivity index (χ0v) is 16.1. The number of fused-ring (bicyclic) bond motifs is 1. The Kier molecular flexibility index (Phi) is 5.57. The van der Waals surface area contributed by atoms with Crippen molar-refractivity contribution in [2.75, 3.05) is 36.4 Å². The third-order valence-corrected chi connectivity index (χ3v) is 5.27. The van der Waals surface area contributed by atoms with E-state index in [1.165, 1.54) is 0 Å². The lowest BCUT2D eigenvalue weighted by Crippen LogP contribution is -2.44. The minimum atomic E-state index is -0.933. The van der Waals surface area contributed by atoms with Crippen molar-refractivity contribution in [2.45, 2.75) is 18.9 Å². The molecule has 0 bridgehead atoms. The Morgan fingerprint density at radius 3 is 2.59 bits per heavy atom. The molecule has 0 aromatic heterocycles. The van der Waals surface area contributed by atoms with Crippen molar-refractivity contribution in [2.24, 2.45) is 4.99 Å². The van der Waals surface area contributed by atoms with Crippen LogP contribution in [-0.4, -0.2) is 54.9 Å². The van der Waals surface area contributed by atoms with E-state index in [4.69, 9.17) is 10.1 Å². The van der Waals surface area contributed by atoms with E-state index in [-0.39, 0.29) is 18.7 Å². The van der Waals surface area contributed by atoms with Gasteiger partial charge >= 0.3 is 5.97 Å². The fourth-order valence-corrected chi connectivity index (χ4v) is 3.81. The fraction of sp³-hybridized carbons (Fsp3) is 0.318. The molecule has 0 unspecified atom stereocenters. The smallest absolute Gasteiger partial charge is 0.303 e. The van der Waals surface area contributed by atoms with Crippen LogP contribution < -0.4 is 15.5 Å². The summed E-state index contributed by atoms with van der Waals surface area (Å²) in [7, 11) is 0. The lowest BCUT2D eigenvalue weighted by Gasteiger charge is -2.31. The van der Waals surface area contributed by atoms with Gasteiger partial charge in [0.05, 0.1) is 17.1 Å². The number of rotatable bonds is 5. The summed E-state index contributed by atoms with van der Waals surface area (Å²) in [4.78, 5) is 31.0. The maximum absolute atomic E-state index is 13.0. The van der Waals surface area contributed by atoms with E-state index in [9.17, 15) is 9.59 Å². The third kappa shape index (κ3) is 4.14. The zero-order chi connectivity index (χ0) is 20.2. The normalized spacial score (nSPS) is 19.0. The van der Waals surface area contributed by atoms with Crippen LogP contribution in [0.1, 0.15) is 24.0 Å². The van der Waals surface area contributed by atoms with E-state index >= 15 is 0 Å². The van der Waals surface area contributed by atoms with Crippen LogP contribution in [-0.2, 0) is 9.59 Å². The molecular weight excluding hydrogens is 368 g/mol. The van der Waals surface area contributed by atoms with Crippen LogP contribution >= 0.6 is 0 Å². The quantitative estimate of drug-likeness (QED) is 0.725. The first-order valence-corrected chi connectivity index (χ1v) is 9.88. The highest BCUT2D eigenvalue weighted by Gasteiger charge is 2.29. The van der Waals surface area contributed by atoms with Crippen LogP contribution in [0.4, 0.5) is 11.4 Å². The Balaban J connectivity index is 1.81. The van der Waals surface area contributed by atoms with Crippen molar-refractivity contribution in [1.82, 2.24) is 5.32 Å². The minimum Gasteiger partial charge on any atom is -0.481 e. The zero-order valence-electron chi connectivity index (χ0n) is 16.1. The summed E-state index contributed by atoms with van der Waals surface area (Å²) < 4.78 is 0. The molecule has 150 valence electrons. The molecule has 0 saturated carbocycles. The first kappa shape index (κ1) is 19.1. The molecule has 1 saturated heterocycles. The molecule has 0 spiro atoms. The SMILES string of the molecule is O=C(O)CC[C@H]1N=C(c2ccccc2)c2cccc(N3CCNCC3)c2NC1=O. The number of nitrogens with one attached hydrogen (secondary N) is 2. The summed E-state index contributed by atoms with van der Waals surface area (Å²) in [5, 5.41) is 15.5. The van der Waals surface area contributed by atoms with E-state index in [1.807, 2.05) is 48.5 Å². The van der Waals surface area contributed by atoms with Crippen molar-refractivity contribution < 1.29 is 14.7 Å². The molecule has 0 aliphatic carbocycles. The lowest BCUT2D eigenvalue weighted by molar-refractivity contribution is -0.137. The Bertz CT molecular complexity index is 936. The maximum atomic E-state index is 13.0. The Morgan fingerprint density at radius 1 is 1.10 bits per heavy atom. The predicted molar refractivity (Wildman–Crippen MR) is 113 cm³/mol. The van der Waals surface area contributed by atoms with Crippen molar-refractivity contribution in [3.8, 4) is 0 Å². The highest BCUT2D eigenvalue weighted by molar-refractivity contribution is 6.21. The van der Waals surface area contributed by atoms with Crippen LogP contribution in [0, 0.1) is 0 Å². The number of anilines is 2. The number of carbonyl (C=O) groups excluding carboxylic acids is 1. The summed E-state index contributed by atoms with van der Waals surface area (Å²) >= 11 is 0. The van der Waals surface area contributed by atoms with Crippen LogP contribution in [0.15, 0.2) is 53.5 Å². The molecule has 0 radical (unpaired) electrons. The molecule has 2 heterocycles. The highest BCUT2D eigenvalue weighted by atomic mass is 16.4. The van der Waals surface area contributed by atoms with Crippen LogP contribution in [0.25, 0.3) is 0 Å². The molecule has 7 heteroatoms. The third-order valence-electron chi connectivity index (χ3n) is 5.27. The van der Waals surface area contributed by atoms with E-state index in [0.717, 1.165) is 48.7 Å². The number of aliphatic carboxylic acids is 1. The number of hydrogen-bond donors (Lipinski definition) is 3. The number of piperazine rings is 1. The largest absolute Gasteiger partial charge is 0.481 e. The number of aliphatic imine (C=N–C) groups is 1. The van der Waals surface area contributed by atoms with E-state index in [0.29, 0.717) is 5.71 Å². The molecule has 1 atom stereocenters. The Hall–Kier alpha value is -3.19. The van der Waals surface area contributed by atoms with Crippen molar-refractivity contribution in [3.63, 3.8) is 0 Å². The Morgan fingerprint density at radius 2 is 1.86 bits per heavy atom. The van der Waals surface area contributed by atoms with Crippen LogP contribution in [0.2, 0.25) is 0 Å². The molecule has 1 amide bonds. The summed E-state index contributed by atoms with van der Waals surface area (Å²) in [5.74, 6) is -1.20. The van der Waals surface area contributed by atoms with Crippen molar-refractivity contribution >= 4 is 29.0 Å². The van der Waals surface area contributed by atoms with E-state index in [1.54, 1.807) is 0 Å². The molecule has 2 aromatic rings. The number of carbonyl (C=O) groups is 2. The summed E-state index contributed by atoms with van der Waals surface area (Å²) in [6.07, 6.45) is 0.0547. The average molecular weight is 392 g/mol. The monoisotopic (exact) mass is 392 g/mol. The van der Waals surface area contributed by atoms with Gasteiger partial charge in [0.15, 0.2) is 0 Å². The molecule has 1 fully saturated rings. The van der Waals surface area contributed by atoms with Gasteiger partial charge in [-0.15, -0.1) is 0 Å². The van der Waals surface area contributed by atoms with Gasteiger partial charge in [-0.25, -0.2) is 0 Å². The molecule has 4 rings (SSSR count). The van der Waals surface area contributed by atoms with Crippen LogP contribution in [0.3, 0.4) is 0 Å². The Labute approximate surface area is 169 Å². The number of hydrogen-bond acceptors (Lipinski definition) is 5. The molecule has 3 N–H and O–H groups in total. The molecule has 29 heavy (non-hydrogen) atoms. The van der Waals surface area contributed by atoms with Gasteiger partial charge in [0.1, 0.15) is 6.04 Å². The molecule has 2 aromatic carbocycles.